The van der Waals surface area contributed by atoms with Crippen molar-refractivity contribution in [2.75, 3.05) is 0 Å². The Morgan fingerprint density at radius 2 is 1.38 bits per heavy atom. The molecule has 1 aliphatic carbocycles. The molecule has 2 rings (SSSR count). The lowest BCUT2D eigenvalue weighted by Crippen LogP contribution is -2.35. The molecule has 0 fully saturated rings. The van der Waals surface area contributed by atoms with Gasteiger partial charge in [0.25, 0.3) is 0 Å². The molecule has 0 bridgehead atoms. The Kier molecular flexibility index (Phi) is 2.49. The molecule has 1 aromatic rings. The van der Waals surface area contributed by atoms with Gasteiger partial charge in [-0.2, -0.15) is 0 Å². The van der Waals surface area contributed by atoms with Gasteiger partial charge in [0, 0.05) is 0 Å². The van der Waals surface area contributed by atoms with Crippen molar-refractivity contribution >= 4 is 13.3 Å². The van der Waals surface area contributed by atoms with E-state index in [0.29, 0.717) is 5.41 Å². The zero-order chi connectivity index (χ0) is 12.1. The molecule has 2 radical (unpaired) electrons. The van der Waals surface area contributed by atoms with E-state index in [1.54, 1.807) is 0 Å². The number of aryl methyl sites for hydroxylation is 1. The van der Waals surface area contributed by atoms with Crippen molar-refractivity contribution in [3.05, 3.63) is 28.8 Å². The fourth-order valence-electron chi connectivity index (χ4n) is 2.74. The number of benzene rings is 1. The first kappa shape index (κ1) is 11.8. The van der Waals surface area contributed by atoms with Crippen LogP contribution in [-0.4, -0.2) is 7.85 Å². The van der Waals surface area contributed by atoms with Crippen LogP contribution < -0.4 is 5.46 Å². The molecule has 0 atom stereocenters. The molecule has 16 heavy (non-hydrogen) atoms. The van der Waals surface area contributed by atoms with Gasteiger partial charge in [0.1, 0.15) is 7.85 Å². The normalized spacial score (nSPS) is 21.6. The maximum absolute atomic E-state index is 6.05. The van der Waals surface area contributed by atoms with Crippen molar-refractivity contribution in [1.82, 2.24) is 0 Å². The predicted molar refractivity (Wildman–Crippen MR) is 71.9 cm³/mol. The molecule has 0 unspecified atom stereocenters. The number of hydrogen-bond donors (Lipinski definition) is 0. The Balaban J connectivity index is 2.70. The molecule has 0 saturated heterocycles. The zero-order valence-electron chi connectivity index (χ0n) is 11.1. The lowest BCUT2D eigenvalue weighted by atomic mass is 9.62. The van der Waals surface area contributed by atoms with Gasteiger partial charge in [-0.25, -0.2) is 0 Å². The van der Waals surface area contributed by atoms with Gasteiger partial charge in [0.15, 0.2) is 0 Å². The summed E-state index contributed by atoms with van der Waals surface area (Å²) in [7, 11) is 6.05. The van der Waals surface area contributed by atoms with E-state index in [2.05, 4.69) is 46.8 Å². The van der Waals surface area contributed by atoms with Crippen molar-refractivity contribution in [3.63, 3.8) is 0 Å². The van der Waals surface area contributed by atoms with Gasteiger partial charge < -0.3 is 0 Å². The van der Waals surface area contributed by atoms with Crippen LogP contribution in [0.15, 0.2) is 12.1 Å². The van der Waals surface area contributed by atoms with Crippen LogP contribution in [0.4, 0.5) is 0 Å². The molecule has 0 aliphatic heterocycles. The quantitative estimate of drug-likeness (QED) is 0.579. The van der Waals surface area contributed by atoms with Crippen molar-refractivity contribution in [1.29, 1.82) is 0 Å². The highest BCUT2D eigenvalue weighted by Gasteiger charge is 2.36. The number of hydrogen-bond acceptors (Lipinski definition) is 0. The lowest BCUT2D eigenvalue weighted by Gasteiger charge is -2.42. The molecule has 0 spiro atoms. The molecule has 0 nitrogen and oxygen atoms in total. The summed E-state index contributed by atoms with van der Waals surface area (Å²) in [6, 6.07) is 4.50. The summed E-state index contributed by atoms with van der Waals surface area (Å²) in [4.78, 5) is 0. The van der Waals surface area contributed by atoms with E-state index < -0.39 is 0 Å². The monoisotopic (exact) mass is 212 g/mol. The van der Waals surface area contributed by atoms with Crippen molar-refractivity contribution in [2.24, 2.45) is 0 Å². The van der Waals surface area contributed by atoms with Crippen molar-refractivity contribution in [2.45, 2.75) is 58.3 Å². The maximum Gasteiger partial charge on any atom is 0.114 e. The van der Waals surface area contributed by atoms with Crippen LogP contribution in [0.5, 0.6) is 0 Å². The molecule has 1 heteroatoms. The van der Waals surface area contributed by atoms with Gasteiger partial charge in [-0.15, -0.1) is 0 Å². The average molecular weight is 212 g/mol. The van der Waals surface area contributed by atoms with Gasteiger partial charge in [-0.1, -0.05) is 50.9 Å². The molecule has 0 heterocycles. The Bertz CT molecular complexity index is 386. The third-order valence-corrected chi connectivity index (χ3v) is 4.24. The molecular weight excluding hydrogens is 191 g/mol. The van der Waals surface area contributed by atoms with Crippen LogP contribution in [0.2, 0.25) is 0 Å². The van der Waals surface area contributed by atoms with E-state index in [1.165, 1.54) is 29.5 Å². The second kappa shape index (κ2) is 3.39. The van der Waals surface area contributed by atoms with Gasteiger partial charge >= 0.3 is 0 Å². The van der Waals surface area contributed by atoms with E-state index in [0.717, 1.165) is 5.46 Å². The average Bonchev–Trinajstić information content (AvgIpc) is 2.17. The topological polar surface area (TPSA) is 0 Å². The van der Waals surface area contributed by atoms with Crippen LogP contribution in [0.25, 0.3) is 0 Å². The molecule has 0 N–H and O–H groups in total. The largest absolute Gasteiger partial charge is 0.114 e. The van der Waals surface area contributed by atoms with Crippen molar-refractivity contribution < 1.29 is 0 Å². The van der Waals surface area contributed by atoms with Crippen LogP contribution in [0, 0.1) is 6.92 Å². The van der Waals surface area contributed by atoms with E-state index in [-0.39, 0.29) is 5.41 Å². The maximum atomic E-state index is 6.05. The zero-order valence-corrected chi connectivity index (χ0v) is 11.1. The highest BCUT2D eigenvalue weighted by molar-refractivity contribution is 6.33. The van der Waals surface area contributed by atoms with Crippen LogP contribution in [0.1, 0.15) is 57.2 Å². The molecule has 0 saturated carbocycles. The Morgan fingerprint density at radius 3 is 1.88 bits per heavy atom. The summed E-state index contributed by atoms with van der Waals surface area (Å²) in [5, 5.41) is 0. The van der Waals surface area contributed by atoms with Crippen molar-refractivity contribution in [3.8, 4) is 0 Å². The molecule has 1 aliphatic rings. The van der Waals surface area contributed by atoms with Gasteiger partial charge in [0.05, 0.1) is 0 Å². The summed E-state index contributed by atoms with van der Waals surface area (Å²) in [5.41, 5.74) is 5.66. The first-order valence-corrected chi connectivity index (χ1v) is 6.15. The molecule has 84 valence electrons. The lowest BCUT2D eigenvalue weighted by molar-refractivity contribution is 0.332. The third-order valence-electron chi connectivity index (χ3n) is 4.24. The highest BCUT2D eigenvalue weighted by atomic mass is 14.4. The number of rotatable bonds is 0. The first-order chi connectivity index (χ1) is 7.24. The fourth-order valence-corrected chi connectivity index (χ4v) is 2.74. The van der Waals surface area contributed by atoms with Crippen LogP contribution >= 0.6 is 0 Å². The van der Waals surface area contributed by atoms with Gasteiger partial charge in [-0.05, 0) is 41.7 Å². The van der Waals surface area contributed by atoms with E-state index >= 15 is 0 Å². The second-order valence-corrected chi connectivity index (χ2v) is 6.52. The minimum absolute atomic E-state index is 0.271. The second-order valence-electron chi connectivity index (χ2n) is 6.52. The Labute approximate surface area is 101 Å². The standard InChI is InChI=1S/C15H21B/c1-10-8-11-12(9-13(10)16)15(4,5)7-6-14(11,2)3/h8-9H,6-7H2,1-5H3. The Hall–Kier alpha value is -0.715. The minimum atomic E-state index is 0.271. The van der Waals surface area contributed by atoms with E-state index in [9.17, 15) is 0 Å². The third kappa shape index (κ3) is 1.71. The smallest absolute Gasteiger partial charge is 0.0935 e. The molecule has 1 aromatic carbocycles. The summed E-state index contributed by atoms with van der Waals surface area (Å²) in [6.07, 6.45) is 2.51. The van der Waals surface area contributed by atoms with Gasteiger partial charge in [0.2, 0.25) is 0 Å². The Morgan fingerprint density at radius 1 is 0.938 bits per heavy atom. The first-order valence-electron chi connectivity index (χ1n) is 6.15. The van der Waals surface area contributed by atoms with Crippen LogP contribution in [0.3, 0.4) is 0 Å². The minimum Gasteiger partial charge on any atom is -0.0935 e. The molecule has 0 aromatic heterocycles. The summed E-state index contributed by atoms with van der Waals surface area (Å²) < 4.78 is 0. The van der Waals surface area contributed by atoms with Crippen LogP contribution in [-0.2, 0) is 10.8 Å². The summed E-state index contributed by atoms with van der Waals surface area (Å²) in [6.45, 7) is 11.5. The number of fused-ring (bicyclic) bond motifs is 1. The fraction of sp³-hybridized carbons (Fsp3) is 0.600. The molecule has 0 amide bonds. The van der Waals surface area contributed by atoms with E-state index in [4.69, 9.17) is 7.85 Å². The summed E-state index contributed by atoms with van der Waals surface area (Å²) >= 11 is 0. The van der Waals surface area contributed by atoms with Gasteiger partial charge in [-0.3, -0.25) is 0 Å². The summed E-state index contributed by atoms with van der Waals surface area (Å²) in [5.74, 6) is 0. The van der Waals surface area contributed by atoms with E-state index in [1.807, 2.05) is 0 Å². The molecular formula is C15H21B. The predicted octanol–water partition coefficient (Wildman–Crippen LogP) is 3.14. The SMILES string of the molecule is [B]c1cc2c(cc1C)C(C)(C)CCC2(C)C. The highest BCUT2D eigenvalue weighted by Crippen LogP contribution is 2.45.